The minimum atomic E-state index is 0.104. The molecule has 3 heterocycles. The summed E-state index contributed by atoms with van der Waals surface area (Å²) in [7, 11) is 0. The summed E-state index contributed by atoms with van der Waals surface area (Å²) in [5.41, 5.74) is 3.02. The van der Waals surface area contributed by atoms with E-state index in [4.69, 9.17) is 0 Å². The fraction of sp³-hybridized carbons (Fsp3) is 0.667. The Kier molecular flexibility index (Phi) is 5.96. The summed E-state index contributed by atoms with van der Waals surface area (Å²) in [6, 6.07) is 0. The molecule has 1 saturated heterocycles. The Hall–Kier alpha value is -2.02. The van der Waals surface area contributed by atoms with Gasteiger partial charge in [-0.05, 0) is 51.8 Å². The quantitative estimate of drug-likeness (QED) is 0.863. The van der Waals surface area contributed by atoms with Crippen LogP contribution in [0.2, 0.25) is 0 Å². The van der Waals surface area contributed by atoms with Crippen molar-refractivity contribution in [2.24, 2.45) is 0 Å². The second-order valence-corrected chi connectivity index (χ2v) is 6.84. The number of aryl methyl sites for hydroxylation is 2. The molecule has 0 bridgehead atoms. The highest BCUT2D eigenvalue weighted by Crippen LogP contribution is 2.14. The lowest BCUT2D eigenvalue weighted by molar-refractivity contribution is -0.121. The van der Waals surface area contributed by atoms with E-state index in [2.05, 4.69) is 25.3 Å². The van der Waals surface area contributed by atoms with Gasteiger partial charge in [-0.15, -0.1) is 0 Å². The summed E-state index contributed by atoms with van der Waals surface area (Å²) in [4.78, 5) is 23.2. The van der Waals surface area contributed by atoms with E-state index in [0.717, 1.165) is 43.1 Å². The summed E-state index contributed by atoms with van der Waals surface area (Å²) < 4.78 is 1.74. The van der Waals surface area contributed by atoms with Gasteiger partial charge in [-0.25, -0.2) is 9.50 Å². The van der Waals surface area contributed by atoms with Crippen LogP contribution in [0.4, 0.5) is 0 Å². The van der Waals surface area contributed by atoms with Crippen molar-refractivity contribution in [1.82, 2.24) is 29.8 Å². The molecule has 0 aromatic carbocycles. The van der Waals surface area contributed by atoms with Gasteiger partial charge in [-0.1, -0.05) is 12.8 Å². The molecule has 0 saturated carbocycles. The SMILES string of the molecule is Cc1nc2ncnn2c(C)c1CCC(=O)NCCN1CCCCCC1. The van der Waals surface area contributed by atoms with Crippen LogP contribution in [0.25, 0.3) is 5.78 Å². The number of carbonyl (C=O) groups is 1. The number of aromatic nitrogens is 4. The third kappa shape index (κ3) is 4.54. The molecule has 0 spiro atoms. The molecule has 2 aromatic heterocycles. The molecule has 136 valence electrons. The highest BCUT2D eigenvalue weighted by molar-refractivity contribution is 5.76. The van der Waals surface area contributed by atoms with Crippen molar-refractivity contribution in [3.8, 4) is 0 Å². The number of carbonyl (C=O) groups excluding carboxylic acids is 1. The number of nitrogens with zero attached hydrogens (tertiary/aromatic N) is 5. The van der Waals surface area contributed by atoms with Crippen molar-refractivity contribution >= 4 is 11.7 Å². The molecule has 25 heavy (non-hydrogen) atoms. The van der Waals surface area contributed by atoms with E-state index in [-0.39, 0.29) is 5.91 Å². The number of rotatable bonds is 6. The number of nitrogens with one attached hydrogen (secondary N) is 1. The maximum atomic E-state index is 12.2. The Morgan fingerprint density at radius 3 is 2.72 bits per heavy atom. The van der Waals surface area contributed by atoms with Gasteiger partial charge in [-0.2, -0.15) is 10.1 Å². The fourth-order valence-electron chi connectivity index (χ4n) is 3.56. The summed E-state index contributed by atoms with van der Waals surface area (Å²) in [6.07, 6.45) is 7.90. The molecule has 7 heteroatoms. The highest BCUT2D eigenvalue weighted by Gasteiger charge is 2.13. The molecular weight excluding hydrogens is 316 g/mol. The van der Waals surface area contributed by atoms with Gasteiger partial charge in [0.15, 0.2) is 0 Å². The molecule has 0 radical (unpaired) electrons. The van der Waals surface area contributed by atoms with Crippen LogP contribution in [0.15, 0.2) is 6.33 Å². The van der Waals surface area contributed by atoms with E-state index in [1.54, 1.807) is 4.52 Å². The highest BCUT2D eigenvalue weighted by atomic mass is 16.1. The zero-order chi connectivity index (χ0) is 17.6. The van der Waals surface area contributed by atoms with E-state index < -0.39 is 0 Å². The lowest BCUT2D eigenvalue weighted by Gasteiger charge is -2.19. The number of fused-ring (bicyclic) bond motifs is 1. The summed E-state index contributed by atoms with van der Waals surface area (Å²) in [5.74, 6) is 0.716. The zero-order valence-electron chi connectivity index (χ0n) is 15.3. The van der Waals surface area contributed by atoms with E-state index >= 15 is 0 Å². The van der Waals surface area contributed by atoms with Crippen molar-refractivity contribution in [2.45, 2.75) is 52.4 Å². The Bertz CT molecular complexity index is 718. The molecule has 1 N–H and O–H groups in total. The molecule has 7 nitrogen and oxygen atoms in total. The van der Waals surface area contributed by atoms with Gasteiger partial charge in [0.2, 0.25) is 5.91 Å². The topological polar surface area (TPSA) is 75.4 Å². The van der Waals surface area contributed by atoms with Gasteiger partial charge < -0.3 is 10.2 Å². The number of hydrogen-bond acceptors (Lipinski definition) is 5. The summed E-state index contributed by atoms with van der Waals surface area (Å²) in [6.45, 7) is 7.99. The van der Waals surface area contributed by atoms with E-state index in [0.29, 0.717) is 18.6 Å². The molecule has 1 fully saturated rings. The van der Waals surface area contributed by atoms with Crippen LogP contribution < -0.4 is 5.32 Å². The van der Waals surface area contributed by atoms with Crippen LogP contribution >= 0.6 is 0 Å². The third-order valence-corrected chi connectivity index (χ3v) is 5.04. The zero-order valence-corrected chi connectivity index (χ0v) is 15.3. The van der Waals surface area contributed by atoms with Crippen molar-refractivity contribution in [3.05, 3.63) is 23.3 Å². The predicted molar refractivity (Wildman–Crippen MR) is 96.5 cm³/mol. The Balaban J connectivity index is 1.47. The Labute approximate surface area is 148 Å². The first-order valence-corrected chi connectivity index (χ1v) is 9.30. The summed E-state index contributed by atoms with van der Waals surface area (Å²) >= 11 is 0. The van der Waals surface area contributed by atoms with Crippen LogP contribution in [0.1, 0.15) is 49.1 Å². The minimum absolute atomic E-state index is 0.104. The molecule has 0 unspecified atom stereocenters. The third-order valence-electron chi connectivity index (χ3n) is 5.04. The fourth-order valence-corrected chi connectivity index (χ4v) is 3.56. The maximum Gasteiger partial charge on any atom is 0.252 e. The first kappa shape index (κ1) is 17.8. The van der Waals surface area contributed by atoms with Crippen molar-refractivity contribution in [2.75, 3.05) is 26.2 Å². The van der Waals surface area contributed by atoms with Crippen LogP contribution in [-0.4, -0.2) is 56.6 Å². The van der Waals surface area contributed by atoms with Gasteiger partial charge in [0.25, 0.3) is 5.78 Å². The molecule has 1 aliphatic heterocycles. The van der Waals surface area contributed by atoms with Crippen LogP contribution in [0.3, 0.4) is 0 Å². The molecule has 1 amide bonds. The number of amides is 1. The first-order chi connectivity index (χ1) is 12.1. The van der Waals surface area contributed by atoms with Gasteiger partial charge in [-0.3, -0.25) is 4.79 Å². The van der Waals surface area contributed by atoms with Gasteiger partial charge in [0.05, 0.1) is 0 Å². The van der Waals surface area contributed by atoms with Crippen LogP contribution in [0.5, 0.6) is 0 Å². The number of likely N-dealkylation sites (tertiary alicyclic amines) is 1. The molecule has 3 rings (SSSR count). The van der Waals surface area contributed by atoms with Gasteiger partial charge in [0.1, 0.15) is 6.33 Å². The second kappa shape index (κ2) is 8.38. The average Bonchev–Trinajstić information content (AvgIpc) is 2.90. The maximum absolute atomic E-state index is 12.2. The molecule has 0 aliphatic carbocycles. The molecule has 2 aromatic rings. The Morgan fingerprint density at radius 2 is 1.96 bits per heavy atom. The first-order valence-electron chi connectivity index (χ1n) is 9.30. The van der Waals surface area contributed by atoms with Gasteiger partial charge >= 0.3 is 0 Å². The largest absolute Gasteiger partial charge is 0.355 e. The Morgan fingerprint density at radius 1 is 1.20 bits per heavy atom. The normalized spacial score (nSPS) is 16.1. The monoisotopic (exact) mass is 344 g/mol. The second-order valence-electron chi connectivity index (χ2n) is 6.84. The lowest BCUT2D eigenvalue weighted by Crippen LogP contribution is -2.35. The van der Waals surface area contributed by atoms with E-state index in [9.17, 15) is 4.79 Å². The molecular formula is C18H28N6O. The summed E-state index contributed by atoms with van der Waals surface area (Å²) in [5, 5.41) is 7.25. The van der Waals surface area contributed by atoms with E-state index in [1.165, 1.54) is 32.0 Å². The lowest BCUT2D eigenvalue weighted by atomic mass is 10.1. The van der Waals surface area contributed by atoms with Crippen molar-refractivity contribution in [3.63, 3.8) is 0 Å². The van der Waals surface area contributed by atoms with Crippen LogP contribution in [-0.2, 0) is 11.2 Å². The average molecular weight is 344 g/mol. The van der Waals surface area contributed by atoms with Crippen molar-refractivity contribution < 1.29 is 4.79 Å². The number of hydrogen-bond donors (Lipinski definition) is 1. The van der Waals surface area contributed by atoms with Crippen molar-refractivity contribution in [1.29, 1.82) is 0 Å². The minimum Gasteiger partial charge on any atom is -0.355 e. The molecule has 1 aliphatic rings. The van der Waals surface area contributed by atoms with Gasteiger partial charge in [0, 0.05) is 30.9 Å². The standard InChI is InChI=1S/C18H28N6O/c1-14-16(15(2)24-18(22-14)20-13-21-24)7-8-17(25)19-9-12-23-10-5-3-4-6-11-23/h13H,3-12H2,1-2H3,(H,19,25). The van der Waals surface area contributed by atoms with Crippen LogP contribution in [0, 0.1) is 13.8 Å². The van der Waals surface area contributed by atoms with E-state index in [1.807, 2.05) is 13.8 Å². The smallest absolute Gasteiger partial charge is 0.252 e. The molecule has 0 atom stereocenters. The predicted octanol–water partition coefficient (Wildman–Crippen LogP) is 1.67.